The maximum atomic E-state index is 4.87. The van der Waals surface area contributed by atoms with Crippen LogP contribution in [0.15, 0.2) is 30.3 Å². The van der Waals surface area contributed by atoms with Crippen molar-refractivity contribution in [2.24, 2.45) is 0 Å². The van der Waals surface area contributed by atoms with E-state index in [2.05, 4.69) is 52.4 Å². The molecule has 1 aromatic heterocycles. The number of anilines is 1. The molecule has 0 aliphatic carbocycles. The van der Waals surface area contributed by atoms with Crippen molar-refractivity contribution in [2.45, 2.75) is 13.5 Å². The average molecular weight is 284 g/mol. The summed E-state index contributed by atoms with van der Waals surface area (Å²) in [5.41, 5.74) is 2.43. The summed E-state index contributed by atoms with van der Waals surface area (Å²) in [4.78, 5) is 9.78. The number of rotatable bonds is 4. The molecule has 0 spiro atoms. The Balaban J connectivity index is 1.92. The number of hydrogen-bond donors (Lipinski definition) is 1. The number of pyridine rings is 1. The summed E-state index contributed by atoms with van der Waals surface area (Å²) in [6, 6.07) is 10.7. The highest BCUT2D eigenvalue weighted by Crippen LogP contribution is 2.23. The molecule has 2 aromatic rings. The van der Waals surface area contributed by atoms with E-state index in [0.29, 0.717) is 0 Å². The largest absolute Gasteiger partial charge is 0.354 e. The van der Waals surface area contributed by atoms with Crippen LogP contribution in [0.1, 0.15) is 12.5 Å². The normalized spacial score (nSPS) is 16.6. The van der Waals surface area contributed by atoms with Gasteiger partial charge in [0, 0.05) is 38.1 Å². The van der Waals surface area contributed by atoms with Gasteiger partial charge in [-0.25, -0.2) is 4.98 Å². The Hall–Kier alpha value is -1.65. The molecule has 21 heavy (non-hydrogen) atoms. The van der Waals surface area contributed by atoms with Gasteiger partial charge in [0.05, 0.1) is 5.52 Å². The summed E-state index contributed by atoms with van der Waals surface area (Å²) in [7, 11) is 1.99. The van der Waals surface area contributed by atoms with Gasteiger partial charge in [-0.3, -0.25) is 0 Å². The fourth-order valence-electron chi connectivity index (χ4n) is 3.02. The molecule has 1 aromatic carbocycles. The topological polar surface area (TPSA) is 31.4 Å². The van der Waals surface area contributed by atoms with E-state index in [4.69, 9.17) is 4.98 Å². The standard InChI is InChI=1S/C17H24N4/c1-3-20-8-10-21(11-9-20)17-12-14(13-18-2)15-6-4-5-7-16(15)19-17/h4-7,12,18H,3,8-11,13H2,1-2H3. The molecule has 112 valence electrons. The number of hydrogen-bond acceptors (Lipinski definition) is 4. The second kappa shape index (κ2) is 6.41. The van der Waals surface area contributed by atoms with Gasteiger partial charge in [-0.1, -0.05) is 25.1 Å². The van der Waals surface area contributed by atoms with Gasteiger partial charge >= 0.3 is 0 Å². The number of likely N-dealkylation sites (N-methyl/N-ethyl adjacent to an activating group) is 1. The van der Waals surface area contributed by atoms with Crippen molar-refractivity contribution < 1.29 is 0 Å². The number of fused-ring (bicyclic) bond motifs is 1. The van der Waals surface area contributed by atoms with Crippen molar-refractivity contribution in [2.75, 3.05) is 44.7 Å². The molecule has 4 heteroatoms. The zero-order valence-electron chi connectivity index (χ0n) is 13.0. The first-order valence-electron chi connectivity index (χ1n) is 7.82. The van der Waals surface area contributed by atoms with Gasteiger partial charge in [0.1, 0.15) is 5.82 Å². The number of para-hydroxylation sites is 1. The van der Waals surface area contributed by atoms with Gasteiger partial charge in [-0.15, -0.1) is 0 Å². The quantitative estimate of drug-likeness (QED) is 0.931. The average Bonchev–Trinajstić information content (AvgIpc) is 2.55. The second-order valence-corrected chi connectivity index (χ2v) is 5.61. The Morgan fingerprint density at radius 3 is 2.62 bits per heavy atom. The van der Waals surface area contributed by atoms with Crippen LogP contribution >= 0.6 is 0 Å². The van der Waals surface area contributed by atoms with Gasteiger partial charge in [0.15, 0.2) is 0 Å². The smallest absolute Gasteiger partial charge is 0.129 e. The Bertz CT molecular complexity index is 603. The lowest BCUT2D eigenvalue weighted by Gasteiger charge is -2.35. The van der Waals surface area contributed by atoms with Crippen LogP contribution in [0.3, 0.4) is 0 Å². The third kappa shape index (κ3) is 3.01. The number of nitrogens with one attached hydrogen (secondary N) is 1. The van der Waals surface area contributed by atoms with Gasteiger partial charge in [0.25, 0.3) is 0 Å². The number of piperazine rings is 1. The SMILES string of the molecule is CCN1CCN(c2cc(CNC)c3ccccc3n2)CC1. The van der Waals surface area contributed by atoms with E-state index in [1.165, 1.54) is 10.9 Å². The second-order valence-electron chi connectivity index (χ2n) is 5.61. The number of nitrogens with zero attached hydrogens (tertiary/aromatic N) is 3. The van der Waals surface area contributed by atoms with Crippen molar-refractivity contribution >= 4 is 16.7 Å². The molecule has 0 unspecified atom stereocenters. The van der Waals surface area contributed by atoms with Crippen molar-refractivity contribution in [1.29, 1.82) is 0 Å². The molecule has 3 rings (SSSR count). The predicted octanol–water partition coefficient (Wildman–Crippen LogP) is 2.10. The molecular weight excluding hydrogens is 260 g/mol. The van der Waals surface area contributed by atoms with Crippen molar-refractivity contribution in [3.63, 3.8) is 0 Å². The molecule has 4 nitrogen and oxygen atoms in total. The van der Waals surface area contributed by atoms with Crippen LogP contribution in [-0.4, -0.2) is 49.7 Å². The third-order valence-corrected chi connectivity index (χ3v) is 4.30. The lowest BCUT2D eigenvalue weighted by atomic mass is 10.1. The summed E-state index contributed by atoms with van der Waals surface area (Å²) in [6.45, 7) is 8.65. The zero-order chi connectivity index (χ0) is 14.7. The highest BCUT2D eigenvalue weighted by atomic mass is 15.3. The molecule has 0 saturated carbocycles. The van der Waals surface area contributed by atoms with E-state index in [1.54, 1.807) is 0 Å². The van der Waals surface area contributed by atoms with E-state index < -0.39 is 0 Å². The van der Waals surface area contributed by atoms with E-state index in [0.717, 1.165) is 50.6 Å². The summed E-state index contributed by atoms with van der Waals surface area (Å²) in [5, 5.41) is 4.52. The van der Waals surface area contributed by atoms with E-state index >= 15 is 0 Å². The van der Waals surface area contributed by atoms with Gasteiger partial charge in [-0.05, 0) is 31.3 Å². The van der Waals surface area contributed by atoms with Gasteiger partial charge < -0.3 is 15.1 Å². The third-order valence-electron chi connectivity index (χ3n) is 4.30. The van der Waals surface area contributed by atoms with Crippen molar-refractivity contribution in [1.82, 2.24) is 15.2 Å². The molecular formula is C17H24N4. The molecule has 1 aliphatic rings. The Morgan fingerprint density at radius 2 is 1.90 bits per heavy atom. The fraction of sp³-hybridized carbons (Fsp3) is 0.471. The Labute approximate surface area is 126 Å². The van der Waals surface area contributed by atoms with Crippen LogP contribution in [0.4, 0.5) is 5.82 Å². The minimum Gasteiger partial charge on any atom is -0.354 e. The summed E-state index contributed by atoms with van der Waals surface area (Å²) in [6.07, 6.45) is 0. The lowest BCUT2D eigenvalue weighted by Crippen LogP contribution is -2.46. The minimum atomic E-state index is 0.880. The first kappa shape index (κ1) is 14.3. The van der Waals surface area contributed by atoms with Crippen LogP contribution in [-0.2, 0) is 6.54 Å². The highest BCUT2D eigenvalue weighted by molar-refractivity contribution is 5.84. The first-order chi connectivity index (χ1) is 10.3. The van der Waals surface area contributed by atoms with Crippen molar-refractivity contribution in [3.8, 4) is 0 Å². The molecule has 0 bridgehead atoms. The highest BCUT2D eigenvalue weighted by Gasteiger charge is 2.18. The van der Waals surface area contributed by atoms with Gasteiger partial charge in [0.2, 0.25) is 0 Å². The van der Waals surface area contributed by atoms with Crippen molar-refractivity contribution in [3.05, 3.63) is 35.9 Å². The van der Waals surface area contributed by atoms with Crippen LogP contribution in [0.5, 0.6) is 0 Å². The fourth-order valence-corrected chi connectivity index (χ4v) is 3.02. The Kier molecular flexibility index (Phi) is 4.36. The predicted molar refractivity (Wildman–Crippen MR) is 88.8 cm³/mol. The molecule has 1 saturated heterocycles. The number of aromatic nitrogens is 1. The minimum absolute atomic E-state index is 0.880. The molecule has 0 atom stereocenters. The Morgan fingerprint density at radius 1 is 1.14 bits per heavy atom. The molecule has 2 heterocycles. The molecule has 1 fully saturated rings. The maximum absolute atomic E-state index is 4.87. The van der Waals surface area contributed by atoms with Crippen LogP contribution in [0, 0.1) is 0 Å². The molecule has 0 amide bonds. The van der Waals surface area contributed by atoms with Crippen LogP contribution < -0.4 is 10.2 Å². The van der Waals surface area contributed by atoms with E-state index in [-0.39, 0.29) is 0 Å². The summed E-state index contributed by atoms with van der Waals surface area (Å²) < 4.78 is 0. The zero-order valence-corrected chi connectivity index (χ0v) is 13.0. The molecule has 1 aliphatic heterocycles. The first-order valence-corrected chi connectivity index (χ1v) is 7.82. The number of benzene rings is 1. The van der Waals surface area contributed by atoms with E-state index in [1.807, 2.05) is 7.05 Å². The van der Waals surface area contributed by atoms with Gasteiger partial charge in [-0.2, -0.15) is 0 Å². The molecule has 1 N–H and O–H groups in total. The summed E-state index contributed by atoms with van der Waals surface area (Å²) >= 11 is 0. The molecule has 0 radical (unpaired) electrons. The maximum Gasteiger partial charge on any atom is 0.129 e. The lowest BCUT2D eigenvalue weighted by molar-refractivity contribution is 0.270. The van der Waals surface area contributed by atoms with Crippen LogP contribution in [0.2, 0.25) is 0 Å². The van der Waals surface area contributed by atoms with E-state index in [9.17, 15) is 0 Å². The summed E-state index contributed by atoms with van der Waals surface area (Å²) in [5.74, 6) is 1.12. The van der Waals surface area contributed by atoms with Crippen LogP contribution in [0.25, 0.3) is 10.9 Å². The monoisotopic (exact) mass is 284 g/mol.